The number of para-hydroxylation sites is 2. The maximum atomic E-state index is 2.50. The van der Waals surface area contributed by atoms with Gasteiger partial charge in [0.15, 0.2) is 0 Å². The van der Waals surface area contributed by atoms with E-state index in [0.29, 0.717) is 0 Å². The minimum Gasteiger partial charge on any atom is -0.310 e. The van der Waals surface area contributed by atoms with E-state index < -0.39 is 5.41 Å². The van der Waals surface area contributed by atoms with Crippen LogP contribution in [-0.2, 0) is 5.41 Å². The fourth-order valence-electron chi connectivity index (χ4n) is 10.9. The summed E-state index contributed by atoms with van der Waals surface area (Å²) in [6, 6.07) is 89.5. The zero-order chi connectivity index (χ0) is 41.5. The molecule has 0 N–H and O–H groups in total. The number of nitrogens with zero attached hydrogens (tertiary/aromatic N) is 2. The first-order valence-corrected chi connectivity index (χ1v) is 21.8. The van der Waals surface area contributed by atoms with Gasteiger partial charge in [0.25, 0.3) is 0 Å². The summed E-state index contributed by atoms with van der Waals surface area (Å²) in [6.45, 7) is 0. The molecule has 13 rings (SSSR count). The summed E-state index contributed by atoms with van der Waals surface area (Å²) in [5.41, 5.74) is 21.6. The second-order valence-electron chi connectivity index (χ2n) is 16.8. The minimum atomic E-state index is -0.539. The second-order valence-corrected chi connectivity index (χ2v) is 16.8. The fourth-order valence-corrected chi connectivity index (χ4v) is 10.9. The SMILES string of the molecule is c1ccc(-c2ccc(N(c3ccccc3)c3ccc4c(c3)C3(c5ccccc5-c5ccccc53)c3cc(-n5c6ccccc6c6cc(-c7ccccc7)ccc65)ccc3-4)cc2)cc1. The molecule has 0 fully saturated rings. The number of hydrogen-bond donors (Lipinski definition) is 0. The summed E-state index contributed by atoms with van der Waals surface area (Å²) >= 11 is 0. The molecule has 0 amide bonds. The lowest BCUT2D eigenvalue weighted by molar-refractivity contribution is 0.792. The molecule has 1 heterocycles. The van der Waals surface area contributed by atoms with E-state index in [1.807, 2.05) is 0 Å². The molecule has 0 radical (unpaired) electrons. The van der Waals surface area contributed by atoms with Crippen LogP contribution in [0.2, 0.25) is 0 Å². The van der Waals surface area contributed by atoms with Crippen LogP contribution in [0.25, 0.3) is 72.0 Å². The molecule has 10 aromatic carbocycles. The summed E-state index contributed by atoms with van der Waals surface area (Å²) in [4.78, 5) is 2.41. The van der Waals surface area contributed by atoms with Crippen molar-refractivity contribution >= 4 is 38.9 Å². The molecule has 0 saturated heterocycles. The van der Waals surface area contributed by atoms with E-state index in [4.69, 9.17) is 0 Å². The molecule has 1 aromatic heterocycles. The zero-order valence-corrected chi connectivity index (χ0v) is 34.5. The monoisotopic (exact) mass is 800 g/mol. The molecule has 2 nitrogen and oxygen atoms in total. The molecule has 2 heteroatoms. The summed E-state index contributed by atoms with van der Waals surface area (Å²) in [5.74, 6) is 0. The maximum Gasteiger partial charge on any atom is 0.0727 e. The second kappa shape index (κ2) is 13.9. The average Bonchev–Trinajstić information content (AvgIpc) is 3.96. The summed E-state index contributed by atoms with van der Waals surface area (Å²) < 4.78 is 2.48. The third-order valence-corrected chi connectivity index (χ3v) is 13.6. The van der Waals surface area contributed by atoms with Crippen LogP contribution in [0.1, 0.15) is 22.3 Å². The largest absolute Gasteiger partial charge is 0.310 e. The van der Waals surface area contributed by atoms with E-state index in [1.165, 1.54) is 88.6 Å². The van der Waals surface area contributed by atoms with E-state index in [9.17, 15) is 0 Å². The van der Waals surface area contributed by atoms with Gasteiger partial charge in [-0.25, -0.2) is 0 Å². The van der Waals surface area contributed by atoms with Crippen LogP contribution in [0.3, 0.4) is 0 Å². The molecule has 0 bridgehead atoms. The summed E-state index contributed by atoms with van der Waals surface area (Å²) in [5, 5.41) is 2.51. The van der Waals surface area contributed by atoms with Gasteiger partial charge in [-0.2, -0.15) is 0 Å². The van der Waals surface area contributed by atoms with Crippen molar-refractivity contribution in [3.05, 3.63) is 265 Å². The Morgan fingerprint density at radius 1 is 0.286 bits per heavy atom. The first-order valence-electron chi connectivity index (χ1n) is 21.8. The first kappa shape index (κ1) is 35.5. The molecule has 2 aliphatic rings. The Labute approximate surface area is 367 Å². The molecule has 11 aromatic rings. The van der Waals surface area contributed by atoms with Crippen molar-refractivity contribution in [1.29, 1.82) is 0 Å². The van der Waals surface area contributed by atoms with E-state index in [0.717, 1.165) is 22.7 Å². The van der Waals surface area contributed by atoms with Crippen molar-refractivity contribution in [2.75, 3.05) is 4.90 Å². The number of rotatable bonds is 6. The molecule has 1 spiro atoms. The molecule has 0 atom stereocenters. The van der Waals surface area contributed by atoms with Gasteiger partial charge in [0.1, 0.15) is 0 Å². The number of hydrogen-bond acceptors (Lipinski definition) is 1. The van der Waals surface area contributed by atoms with Crippen molar-refractivity contribution in [3.63, 3.8) is 0 Å². The topological polar surface area (TPSA) is 8.17 Å². The van der Waals surface area contributed by atoms with Crippen LogP contribution in [0, 0.1) is 0 Å². The number of fused-ring (bicyclic) bond motifs is 13. The average molecular weight is 801 g/mol. The molecule has 2 aliphatic carbocycles. The van der Waals surface area contributed by atoms with E-state index in [2.05, 4.69) is 252 Å². The fraction of sp³-hybridized carbons (Fsp3) is 0.0164. The number of aromatic nitrogens is 1. The van der Waals surface area contributed by atoms with Gasteiger partial charge in [0.05, 0.1) is 16.4 Å². The molecular formula is C61H40N2. The lowest BCUT2D eigenvalue weighted by atomic mass is 9.70. The van der Waals surface area contributed by atoms with Gasteiger partial charge >= 0.3 is 0 Å². The van der Waals surface area contributed by atoms with Crippen LogP contribution in [-0.4, -0.2) is 4.57 Å². The molecular weight excluding hydrogens is 761 g/mol. The highest BCUT2D eigenvalue weighted by Gasteiger charge is 2.52. The van der Waals surface area contributed by atoms with Gasteiger partial charge < -0.3 is 9.47 Å². The Morgan fingerprint density at radius 3 is 1.46 bits per heavy atom. The zero-order valence-electron chi connectivity index (χ0n) is 34.5. The highest BCUT2D eigenvalue weighted by atomic mass is 15.1. The lowest BCUT2D eigenvalue weighted by Gasteiger charge is -2.32. The number of anilines is 3. The van der Waals surface area contributed by atoms with Crippen LogP contribution < -0.4 is 4.90 Å². The molecule has 0 unspecified atom stereocenters. The van der Waals surface area contributed by atoms with Crippen molar-refractivity contribution < 1.29 is 0 Å². The quantitative estimate of drug-likeness (QED) is 0.163. The molecule has 294 valence electrons. The third kappa shape index (κ3) is 5.25. The molecule has 0 aliphatic heterocycles. The van der Waals surface area contributed by atoms with Gasteiger partial charge in [-0.15, -0.1) is 0 Å². The lowest BCUT2D eigenvalue weighted by Crippen LogP contribution is -2.26. The standard InChI is InChI=1S/C61H40N2/c1-4-16-41(17-5-1)43-28-31-46(32-29-43)62(45-20-8-3-9-21-45)47-33-35-51-52-36-34-48(40-58(52)61(57(51)39-47)55-25-13-10-22-49(55)50-23-11-14-26-56(50)61)63-59-27-15-12-24-53(59)54-38-44(30-37-60(54)63)42-18-6-2-7-19-42/h1-40H. The first-order chi connectivity index (χ1) is 31.3. The van der Waals surface area contributed by atoms with Crippen molar-refractivity contribution in [2.45, 2.75) is 5.41 Å². The van der Waals surface area contributed by atoms with Gasteiger partial charge in [0, 0.05) is 33.5 Å². The van der Waals surface area contributed by atoms with Gasteiger partial charge in [0.2, 0.25) is 0 Å². The van der Waals surface area contributed by atoms with Gasteiger partial charge in [-0.3, -0.25) is 0 Å². The van der Waals surface area contributed by atoms with Crippen molar-refractivity contribution in [2.24, 2.45) is 0 Å². The predicted octanol–water partition coefficient (Wildman–Crippen LogP) is 15.9. The minimum absolute atomic E-state index is 0.539. The van der Waals surface area contributed by atoms with Crippen molar-refractivity contribution in [1.82, 2.24) is 4.57 Å². The van der Waals surface area contributed by atoms with E-state index >= 15 is 0 Å². The van der Waals surface area contributed by atoms with Gasteiger partial charge in [-0.05, 0) is 133 Å². The van der Waals surface area contributed by atoms with Crippen molar-refractivity contribution in [3.8, 4) is 50.2 Å². The van der Waals surface area contributed by atoms with E-state index in [1.54, 1.807) is 0 Å². The highest BCUT2D eigenvalue weighted by Crippen LogP contribution is 2.63. The Hall–Kier alpha value is -8.20. The number of benzene rings is 10. The van der Waals surface area contributed by atoms with E-state index in [-0.39, 0.29) is 0 Å². The summed E-state index contributed by atoms with van der Waals surface area (Å²) in [7, 11) is 0. The predicted molar refractivity (Wildman–Crippen MR) is 263 cm³/mol. The molecule has 0 saturated carbocycles. The highest BCUT2D eigenvalue weighted by molar-refractivity contribution is 6.10. The molecule has 63 heavy (non-hydrogen) atoms. The van der Waals surface area contributed by atoms with Crippen LogP contribution >= 0.6 is 0 Å². The van der Waals surface area contributed by atoms with Crippen LogP contribution in [0.4, 0.5) is 17.1 Å². The van der Waals surface area contributed by atoms with Gasteiger partial charge in [-0.1, -0.05) is 176 Å². The Balaban J connectivity index is 1.04. The Morgan fingerprint density at radius 2 is 0.762 bits per heavy atom. The van der Waals surface area contributed by atoms with Crippen LogP contribution in [0.5, 0.6) is 0 Å². The normalized spacial score (nSPS) is 12.9. The summed E-state index contributed by atoms with van der Waals surface area (Å²) in [6.07, 6.45) is 0. The maximum absolute atomic E-state index is 2.50. The Kier molecular flexibility index (Phi) is 7.85. The Bertz CT molecular complexity index is 3500. The third-order valence-electron chi connectivity index (χ3n) is 13.6. The smallest absolute Gasteiger partial charge is 0.0727 e. The van der Waals surface area contributed by atoms with Crippen LogP contribution in [0.15, 0.2) is 243 Å².